The van der Waals surface area contributed by atoms with E-state index in [1.54, 1.807) is 21.7 Å². The molecule has 1 aliphatic heterocycles. The normalized spacial score (nSPS) is 14.8. The fraction of sp³-hybridized carbons (Fsp3) is 0.333. The third-order valence-corrected chi connectivity index (χ3v) is 4.96. The molecule has 2 aromatic rings. The first kappa shape index (κ1) is 21.4. The number of aliphatic hydroxyl groups is 1. The molecule has 1 N–H and O–H groups in total. The molecule has 0 radical (unpaired) electrons. The van der Waals surface area contributed by atoms with Gasteiger partial charge in [0.1, 0.15) is 12.4 Å². The summed E-state index contributed by atoms with van der Waals surface area (Å²) < 4.78 is 7.49. The highest BCUT2D eigenvalue weighted by Crippen LogP contribution is 2.31. The summed E-state index contributed by atoms with van der Waals surface area (Å²) in [6.07, 6.45) is 15.7. The number of aromatic nitrogens is 2. The highest BCUT2D eigenvalue weighted by molar-refractivity contribution is 6.01. The molecule has 6 nitrogen and oxygen atoms in total. The Morgan fingerprint density at radius 3 is 3.00 bits per heavy atom. The first-order valence-corrected chi connectivity index (χ1v) is 10.0. The second-order valence-electron chi connectivity index (χ2n) is 7.34. The lowest BCUT2D eigenvalue weighted by Crippen LogP contribution is -2.26. The summed E-state index contributed by atoms with van der Waals surface area (Å²) in [6.45, 7) is 2.97. The minimum Gasteiger partial charge on any atom is -0.490 e. The predicted octanol–water partition coefficient (Wildman–Crippen LogP) is 2.88. The third kappa shape index (κ3) is 5.19. The maximum absolute atomic E-state index is 13.0. The summed E-state index contributed by atoms with van der Waals surface area (Å²) in [5.41, 5.74) is 3.48. The number of benzene rings is 1. The monoisotopic (exact) mass is 405 g/mol. The van der Waals surface area contributed by atoms with E-state index in [0.29, 0.717) is 30.8 Å². The number of rotatable bonds is 9. The second-order valence-corrected chi connectivity index (χ2v) is 7.34. The molecule has 30 heavy (non-hydrogen) atoms. The van der Waals surface area contributed by atoms with Crippen LogP contribution in [0.3, 0.4) is 0 Å². The molecular formula is C24H27N3O3. The molecule has 3 rings (SSSR count). The number of hydrogen-bond donors (Lipinski definition) is 1. The lowest BCUT2D eigenvalue weighted by atomic mass is 10.1. The number of hydrogen-bond acceptors (Lipinski definition) is 4. The van der Waals surface area contributed by atoms with Gasteiger partial charge in [-0.3, -0.25) is 9.48 Å². The Hall–Kier alpha value is -3.30. The number of carbonyl (C=O) groups is 1. The zero-order valence-electron chi connectivity index (χ0n) is 17.4. The summed E-state index contributed by atoms with van der Waals surface area (Å²) in [7, 11) is 1.88. The molecule has 2 heterocycles. The average molecular weight is 405 g/mol. The molecule has 0 saturated carbocycles. The zero-order chi connectivity index (χ0) is 21.5. The van der Waals surface area contributed by atoms with E-state index in [1.807, 2.05) is 50.6 Å². The molecule has 6 heteroatoms. The number of allylic oxidation sites excluding steroid dienone is 2. The Kier molecular flexibility index (Phi) is 7.10. The smallest absolute Gasteiger partial charge is 0.258 e. The average Bonchev–Trinajstić information content (AvgIpc) is 3.29. The van der Waals surface area contributed by atoms with Crippen molar-refractivity contribution >= 4 is 5.91 Å². The number of aliphatic hydroxyl groups excluding tert-OH is 1. The standard InChI is InChI=1S/C24H27N3O3/c1-4-8-18(9-6-10-19-13-25-26(3)14-19)15-27-16-20-11-7-12-22(23(20)24(27)29)30-17-21(28)5-2/h1,6-9,11-14,21,28H,5,10,15-17H2,2-3H3/b9-6-,18-8+. The van der Waals surface area contributed by atoms with Crippen molar-refractivity contribution in [2.75, 3.05) is 13.2 Å². The quantitative estimate of drug-likeness (QED) is 0.515. The van der Waals surface area contributed by atoms with Gasteiger partial charge >= 0.3 is 0 Å². The predicted molar refractivity (Wildman–Crippen MR) is 116 cm³/mol. The van der Waals surface area contributed by atoms with Gasteiger partial charge in [0.15, 0.2) is 0 Å². The second kappa shape index (κ2) is 9.95. The molecule has 1 amide bonds. The number of carbonyl (C=O) groups excluding carboxylic acids is 1. The van der Waals surface area contributed by atoms with Crippen molar-refractivity contribution in [3.8, 4) is 18.1 Å². The van der Waals surface area contributed by atoms with Gasteiger partial charge < -0.3 is 14.7 Å². The molecule has 1 aliphatic rings. The van der Waals surface area contributed by atoms with Crippen LogP contribution in [0.4, 0.5) is 0 Å². The lowest BCUT2D eigenvalue weighted by molar-refractivity contribution is 0.0780. The number of ether oxygens (including phenoxy) is 1. The molecule has 1 aromatic carbocycles. The Labute approximate surface area is 177 Å². The molecule has 0 saturated heterocycles. The third-order valence-electron chi connectivity index (χ3n) is 4.96. The van der Waals surface area contributed by atoms with Gasteiger partial charge in [0, 0.05) is 26.3 Å². The number of aryl methyl sites for hydroxylation is 1. The van der Waals surface area contributed by atoms with Gasteiger partial charge in [-0.2, -0.15) is 5.10 Å². The van der Waals surface area contributed by atoms with Crippen molar-refractivity contribution < 1.29 is 14.6 Å². The molecule has 0 spiro atoms. The SMILES string of the molecule is C#C/C=C(\C=C/Cc1cnn(C)c1)CN1Cc2cccc(OCC(O)CC)c2C1=O. The van der Waals surface area contributed by atoms with E-state index in [2.05, 4.69) is 11.0 Å². The van der Waals surface area contributed by atoms with Crippen molar-refractivity contribution in [2.24, 2.45) is 7.05 Å². The maximum atomic E-state index is 13.0. The van der Waals surface area contributed by atoms with Crippen LogP contribution in [0.1, 0.15) is 34.8 Å². The summed E-state index contributed by atoms with van der Waals surface area (Å²) in [5.74, 6) is 2.99. The summed E-state index contributed by atoms with van der Waals surface area (Å²) in [4.78, 5) is 14.8. The van der Waals surface area contributed by atoms with Gasteiger partial charge in [0.2, 0.25) is 0 Å². The highest BCUT2D eigenvalue weighted by Gasteiger charge is 2.30. The largest absolute Gasteiger partial charge is 0.490 e. The van der Waals surface area contributed by atoms with Gasteiger partial charge in [-0.15, -0.1) is 6.42 Å². The number of nitrogens with zero attached hydrogens (tertiary/aromatic N) is 3. The van der Waals surface area contributed by atoms with E-state index in [1.165, 1.54) is 0 Å². The minimum atomic E-state index is -0.552. The molecule has 1 aromatic heterocycles. The Balaban J connectivity index is 1.68. The molecule has 0 fully saturated rings. The van der Waals surface area contributed by atoms with Crippen LogP contribution in [0, 0.1) is 12.3 Å². The highest BCUT2D eigenvalue weighted by atomic mass is 16.5. The topological polar surface area (TPSA) is 67.6 Å². The number of amides is 1. The van der Waals surface area contributed by atoms with Gasteiger partial charge in [0.05, 0.1) is 17.9 Å². The molecule has 1 atom stereocenters. The molecule has 1 unspecified atom stereocenters. The lowest BCUT2D eigenvalue weighted by Gasteiger charge is -2.16. The summed E-state index contributed by atoms with van der Waals surface area (Å²) in [6, 6.07) is 5.57. The Morgan fingerprint density at radius 2 is 2.30 bits per heavy atom. The van der Waals surface area contributed by atoms with E-state index in [0.717, 1.165) is 23.1 Å². The van der Waals surface area contributed by atoms with Crippen LogP contribution >= 0.6 is 0 Å². The van der Waals surface area contributed by atoms with E-state index >= 15 is 0 Å². The number of terminal acetylenes is 1. The molecule has 156 valence electrons. The van der Waals surface area contributed by atoms with Crippen molar-refractivity contribution in [1.29, 1.82) is 0 Å². The van der Waals surface area contributed by atoms with E-state index in [4.69, 9.17) is 11.2 Å². The van der Waals surface area contributed by atoms with Crippen LogP contribution in [0.2, 0.25) is 0 Å². The number of fused-ring (bicyclic) bond motifs is 1. The van der Waals surface area contributed by atoms with Crippen LogP contribution in [-0.2, 0) is 20.0 Å². The van der Waals surface area contributed by atoms with Crippen molar-refractivity contribution in [1.82, 2.24) is 14.7 Å². The summed E-state index contributed by atoms with van der Waals surface area (Å²) >= 11 is 0. The van der Waals surface area contributed by atoms with Crippen LogP contribution in [0.15, 0.2) is 54.4 Å². The Bertz CT molecular complexity index is 997. The van der Waals surface area contributed by atoms with Gasteiger partial charge in [-0.25, -0.2) is 0 Å². The molecule has 0 bridgehead atoms. The van der Waals surface area contributed by atoms with Crippen LogP contribution < -0.4 is 4.74 Å². The van der Waals surface area contributed by atoms with Crippen molar-refractivity contribution in [2.45, 2.75) is 32.4 Å². The summed E-state index contributed by atoms with van der Waals surface area (Å²) in [5, 5.41) is 13.9. The van der Waals surface area contributed by atoms with Gasteiger partial charge in [0.25, 0.3) is 5.91 Å². The van der Waals surface area contributed by atoms with E-state index in [9.17, 15) is 9.90 Å². The van der Waals surface area contributed by atoms with E-state index < -0.39 is 6.10 Å². The van der Waals surface area contributed by atoms with Crippen LogP contribution in [0.5, 0.6) is 5.75 Å². The molecule has 0 aliphatic carbocycles. The zero-order valence-corrected chi connectivity index (χ0v) is 17.4. The molecular weight excluding hydrogens is 378 g/mol. The fourth-order valence-corrected chi connectivity index (χ4v) is 3.34. The van der Waals surface area contributed by atoms with Crippen LogP contribution in [0.25, 0.3) is 0 Å². The van der Waals surface area contributed by atoms with Gasteiger partial charge in [-0.05, 0) is 41.7 Å². The first-order valence-electron chi connectivity index (χ1n) is 10.0. The van der Waals surface area contributed by atoms with Crippen molar-refractivity contribution in [3.63, 3.8) is 0 Å². The minimum absolute atomic E-state index is 0.0878. The Morgan fingerprint density at radius 1 is 1.47 bits per heavy atom. The van der Waals surface area contributed by atoms with E-state index in [-0.39, 0.29) is 12.5 Å². The van der Waals surface area contributed by atoms with Gasteiger partial charge in [-0.1, -0.05) is 37.1 Å². The fourth-order valence-electron chi connectivity index (χ4n) is 3.34. The maximum Gasteiger partial charge on any atom is 0.258 e. The first-order chi connectivity index (χ1) is 14.5. The van der Waals surface area contributed by atoms with Crippen molar-refractivity contribution in [3.05, 3.63) is 71.1 Å². The van der Waals surface area contributed by atoms with Crippen LogP contribution in [-0.4, -0.2) is 44.9 Å².